The molecular weight excluding hydrogens is 439 g/mol. The fourth-order valence-electron chi connectivity index (χ4n) is 4.20. The monoisotopic (exact) mass is 465 g/mol. The van der Waals surface area contributed by atoms with Gasteiger partial charge < -0.3 is 9.67 Å². The van der Waals surface area contributed by atoms with Gasteiger partial charge in [-0.15, -0.1) is 0 Å². The molecule has 0 saturated carbocycles. The number of alkyl halides is 3. The molecule has 0 aliphatic heterocycles. The fourth-order valence-corrected chi connectivity index (χ4v) is 4.32. The summed E-state index contributed by atoms with van der Waals surface area (Å²) in [5.41, 5.74) is 2.00. The zero-order valence-corrected chi connectivity index (χ0v) is 19.3. The molecule has 1 aromatic heterocycles. The summed E-state index contributed by atoms with van der Waals surface area (Å²) in [6, 6.07) is 11.1. The van der Waals surface area contributed by atoms with Crippen LogP contribution in [0.5, 0.6) is 0 Å². The van der Waals surface area contributed by atoms with Crippen LogP contribution in [0, 0.1) is 18.3 Å². The highest BCUT2D eigenvalue weighted by Crippen LogP contribution is 2.40. The normalized spacial score (nSPS) is 15.0. The van der Waals surface area contributed by atoms with Gasteiger partial charge in [0.15, 0.2) is 0 Å². The average Bonchev–Trinajstić information content (AvgIpc) is 2.99. The van der Waals surface area contributed by atoms with Crippen molar-refractivity contribution < 1.29 is 23.1 Å². The number of carboxylic acids is 1. The second kappa shape index (κ2) is 8.81. The first kappa shape index (κ1) is 24.2. The SMILES string of the molecule is CCC(C)(Cc1c(C)c2cc(C(F)(F)F)ccc2n1Cc1ccc(Cl)cc1)C(C)C(=O)O. The number of hydrogen-bond donors (Lipinski definition) is 1. The molecule has 3 rings (SSSR count). The lowest BCUT2D eigenvalue weighted by atomic mass is 9.72. The highest BCUT2D eigenvalue weighted by atomic mass is 35.5. The van der Waals surface area contributed by atoms with Gasteiger partial charge in [0.05, 0.1) is 11.5 Å². The van der Waals surface area contributed by atoms with Crippen LogP contribution in [0.4, 0.5) is 13.2 Å². The van der Waals surface area contributed by atoms with Gasteiger partial charge in [0.25, 0.3) is 0 Å². The van der Waals surface area contributed by atoms with Gasteiger partial charge in [0.1, 0.15) is 0 Å². The largest absolute Gasteiger partial charge is 0.481 e. The van der Waals surface area contributed by atoms with Crippen molar-refractivity contribution in [3.63, 3.8) is 0 Å². The van der Waals surface area contributed by atoms with E-state index in [1.165, 1.54) is 12.1 Å². The first-order valence-corrected chi connectivity index (χ1v) is 10.9. The number of benzene rings is 2. The van der Waals surface area contributed by atoms with E-state index in [9.17, 15) is 23.1 Å². The van der Waals surface area contributed by atoms with Gasteiger partial charge in [-0.25, -0.2) is 0 Å². The van der Waals surface area contributed by atoms with Crippen LogP contribution >= 0.6 is 11.6 Å². The van der Waals surface area contributed by atoms with E-state index in [4.69, 9.17) is 11.6 Å². The molecule has 0 aliphatic rings. The summed E-state index contributed by atoms with van der Waals surface area (Å²) >= 11 is 6.01. The molecule has 1 N–H and O–H groups in total. The van der Waals surface area contributed by atoms with Crippen molar-refractivity contribution in [1.29, 1.82) is 0 Å². The molecule has 2 atom stereocenters. The molecular formula is C25H27ClF3NO2. The van der Waals surface area contributed by atoms with E-state index in [2.05, 4.69) is 0 Å². The Morgan fingerprint density at radius 2 is 1.78 bits per heavy atom. The van der Waals surface area contributed by atoms with E-state index >= 15 is 0 Å². The number of rotatable bonds is 7. The number of carbonyl (C=O) groups is 1. The van der Waals surface area contributed by atoms with Crippen LogP contribution in [0.1, 0.15) is 49.6 Å². The summed E-state index contributed by atoms with van der Waals surface area (Å²) in [5.74, 6) is -1.49. The lowest BCUT2D eigenvalue weighted by Crippen LogP contribution is -2.33. The van der Waals surface area contributed by atoms with Crippen molar-refractivity contribution in [2.75, 3.05) is 0 Å². The van der Waals surface area contributed by atoms with Crippen molar-refractivity contribution in [2.45, 2.75) is 53.3 Å². The molecule has 0 bridgehead atoms. The molecule has 0 saturated heterocycles. The van der Waals surface area contributed by atoms with Crippen LogP contribution in [0.15, 0.2) is 42.5 Å². The van der Waals surface area contributed by atoms with Gasteiger partial charge in [-0.2, -0.15) is 13.2 Å². The van der Waals surface area contributed by atoms with E-state index in [-0.39, 0.29) is 0 Å². The number of fused-ring (bicyclic) bond motifs is 1. The maximum atomic E-state index is 13.4. The molecule has 7 heteroatoms. The van der Waals surface area contributed by atoms with Gasteiger partial charge in [0.2, 0.25) is 0 Å². The fraction of sp³-hybridized carbons (Fsp3) is 0.400. The third-order valence-corrected chi connectivity index (χ3v) is 7.08. The number of carboxylic acid groups (broad SMARTS) is 1. The first-order valence-electron chi connectivity index (χ1n) is 10.5. The van der Waals surface area contributed by atoms with E-state index in [1.54, 1.807) is 19.1 Å². The molecule has 0 aliphatic carbocycles. The summed E-state index contributed by atoms with van der Waals surface area (Å²) in [5, 5.41) is 10.8. The number of halogens is 4. The van der Waals surface area contributed by atoms with E-state index in [0.29, 0.717) is 35.3 Å². The summed E-state index contributed by atoms with van der Waals surface area (Å²) in [6.07, 6.45) is -3.38. The predicted octanol–water partition coefficient (Wildman–Crippen LogP) is 7.35. The number of hydrogen-bond acceptors (Lipinski definition) is 1. The van der Waals surface area contributed by atoms with Crippen LogP contribution in [0.25, 0.3) is 10.9 Å². The van der Waals surface area contributed by atoms with Crippen molar-refractivity contribution in [1.82, 2.24) is 4.57 Å². The van der Waals surface area contributed by atoms with Crippen LogP contribution in [-0.4, -0.2) is 15.6 Å². The second-order valence-electron chi connectivity index (χ2n) is 8.76. The van der Waals surface area contributed by atoms with Gasteiger partial charge >= 0.3 is 12.1 Å². The number of aliphatic carboxylic acids is 1. The Morgan fingerprint density at radius 3 is 2.31 bits per heavy atom. The van der Waals surface area contributed by atoms with Crippen LogP contribution in [-0.2, 0) is 23.9 Å². The minimum absolute atomic E-state index is 0.437. The molecule has 0 fully saturated rings. The lowest BCUT2D eigenvalue weighted by molar-refractivity contribution is -0.145. The highest BCUT2D eigenvalue weighted by molar-refractivity contribution is 6.30. The molecule has 172 valence electrons. The van der Waals surface area contributed by atoms with Crippen molar-refractivity contribution >= 4 is 28.5 Å². The van der Waals surface area contributed by atoms with Gasteiger partial charge in [-0.1, -0.05) is 44.5 Å². The summed E-state index contributed by atoms with van der Waals surface area (Å²) in [6.45, 7) is 7.83. The van der Waals surface area contributed by atoms with Crippen molar-refractivity contribution in [3.8, 4) is 0 Å². The maximum absolute atomic E-state index is 13.4. The summed E-state index contributed by atoms with van der Waals surface area (Å²) in [4.78, 5) is 11.8. The lowest BCUT2D eigenvalue weighted by Gasteiger charge is -2.33. The van der Waals surface area contributed by atoms with E-state index < -0.39 is 29.0 Å². The predicted molar refractivity (Wildman–Crippen MR) is 121 cm³/mol. The Kier molecular flexibility index (Phi) is 6.66. The molecule has 32 heavy (non-hydrogen) atoms. The van der Waals surface area contributed by atoms with Gasteiger partial charge in [-0.05, 0) is 66.6 Å². The second-order valence-corrected chi connectivity index (χ2v) is 9.19. The number of nitrogens with zero attached hydrogens (tertiary/aromatic N) is 1. The zero-order valence-electron chi connectivity index (χ0n) is 18.6. The van der Waals surface area contributed by atoms with Crippen LogP contribution in [0.2, 0.25) is 5.02 Å². The van der Waals surface area contributed by atoms with E-state index in [1.807, 2.05) is 37.5 Å². The summed E-state index contributed by atoms with van der Waals surface area (Å²) < 4.78 is 42.1. The van der Waals surface area contributed by atoms with Gasteiger partial charge in [0, 0.05) is 28.2 Å². The molecule has 2 unspecified atom stereocenters. The molecule has 0 spiro atoms. The molecule has 0 radical (unpaired) electrons. The Morgan fingerprint density at radius 1 is 1.16 bits per heavy atom. The zero-order chi connectivity index (χ0) is 23.8. The molecule has 1 heterocycles. The quantitative estimate of drug-likeness (QED) is 0.396. The van der Waals surface area contributed by atoms with Crippen LogP contribution < -0.4 is 0 Å². The first-order chi connectivity index (χ1) is 14.9. The Hall–Kier alpha value is -2.47. The van der Waals surface area contributed by atoms with Gasteiger partial charge in [-0.3, -0.25) is 4.79 Å². The molecule has 0 amide bonds. The highest BCUT2D eigenvalue weighted by Gasteiger charge is 2.37. The Balaban J connectivity index is 2.20. The molecule has 3 nitrogen and oxygen atoms in total. The number of aryl methyl sites for hydroxylation is 1. The van der Waals surface area contributed by atoms with Crippen molar-refractivity contribution in [3.05, 3.63) is 69.9 Å². The van der Waals surface area contributed by atoms with E-state index in [0.717, 1.165) is 22.9 Å². The summed E-state index contributed by atoms with van der Waals surface area (Å²) in [7, 11) is 0. The number of aromatic nitrogens is 1. The minimum atomic E-state index is -4.44. The smallest absolute Gasteiger partial charge is 0.416 e. The standard InChI is InChI=1S/C25H27ClF3NO2/c1-5-24(4,16(3)23(31)32)13-22-15(2)20-12-18(25(27,28)29)8-11-21(20)30(22)14-17-6-9-19(26)10-7-17/h6-12,16H,5,13-14H2,1-4H3,(H,31,32). The molecule has 3 aromatic rings. The molecule has 2 aromatic carbocycles. The topological polar surface area (TPSA) is 42.2 Å². The van der Waals surface area contributed by atoms with Crippen LogP contribution in [0.3, 0.4) is 0 Å². The minimum Gasteiger partial charge on any atom is -0.481 e. The maximum Gasteiger partial charge on any atom is 0.416 e. The third kappa shape index (κ3) is 4.65. The average molecular weight is 466 g/mol. The Bertz CT molecular complexity index is 1130. The Labute approximate surface area is 190 Å². The third-order valence-electron chi connectivity index (χ3n) is 6.83. The van der Waals surface area contributed by atoms with Crippen molar-refractivity contribution in [2.24, 2.45) is 11.3 Å².